The van der Waals surface area contributed by atoms with Gasteiger partial charge >= 0.3 is 0 Å². The van der Waals surface area contributed by atoms with Crippen molar-refractivity contribution in [3.63, 3.8) is 0 Å². The molecular formula is C21H39IN4O2. The molecule has 2 heterocycles. The number of aliphatic imine (C=N–C) groups is 1. The van der Waals surface area contributed by atoms with Gasteiger partial charge in [-0.05, 0) is 65.0 Å². The molecule has 2 N–H and O–H groups in total. The average Bonchev–Trinajstić information content (AvgIpc) is 3.18. The number of nitrogens with one attached hydrogen (secondary N) is 2. The summed E-state index contributed by atoms with van der Waals surface area (Å²) in [5.41, 5.74) is 0.590. The first-order valence-corrected chi connectivity index (χ1v) is 11.1. The van der Waals surface area contributed by atoms with E-state index in [2.05, 4.69) is 27.4 Å². The molecule has 0 aromatic carbocycles. The van der Waals surface area contributed by atoms with Crippen molar-refractivity contribution in [2.45, 2.75) is 76.0 Å². The molecule has 28 heavy (non-hydrogen) atoms. The van der Waals surface area contributed by atoms with Crippen molar-refractivity contribution >= 4 is 29.9 Å². The maximum atomic E-state index is 6.00. The fourth-order valence-corrected chi connectivity index (χ4v) is 5.80. The van der Waals surface area contributed by atoms with Crippen molar-refractivity contribution < 1.29 is 9.47 Å². The minimum absolute atomic E-state index is 0. The van der Waals surface area contributed by atoms with Gasteiger partial charge in [-0.3, -0.25) is 9.89 Å². The number of ether oxygens (including phenoxy) is 2. The van der Waals surface area contributed by atoms with Gasteiger partial charge in [0.05, 0.1) is 6.10 Å². The van der Waals surface area contributed by atoms with Crippen LogP contribution in [0.1, 0.15) is 58.3 Å². The zero-order valence-corrected chi connectivity index (χ0v) is 20.0. The molecule has 0 amide bonds. The molecule has 2 aliphatic carbocycles. The molecule has 7 heteroatoms. The van der Waals surface area contributed by atoms with Gasteiger partial charge in [0, 0.05) is 50.4 Å². The van der Waals surface area contributed by atoms with Crippen LogP contribution in [0.15, 0.2) is 4.99 Å². The molecule has 2 unspecified atom stereocenters. The van der Waals surface area contributed by atoms with Crippen LogP contribution in [0.25, 0.3) is 0 Å². The van der Waals surface area contributed by atoms with E-state index in [1.165, 1.54) is 45.2 Å². The van der Waals surface area contributed by atoms with E-state index in [1.54, 1.807) is 0 Å². The van der Waals surface area contributed by atoms with Crippen molar-refractivity contribution in [3.8, 4) is 0 Å². The van der Waals surface area contributed by atoms with Crippen molar-refractivity contribution in [2.24, 2.45) is 10.4 Å². The summed E-state index contributed by atoms with van der Waals surface area (Å²) in [7, 11) is 1.90. The number of likely N-dealkylation sites (tertiary alicyclic amines) is 1. The van der Waals surface area contributed by atoms with Crippen LogP contribution in [-0.2, 0) is 9.47 Å². The van der Waals surface area contributed by atoms with Crippen molar-refractivity contribution in [3.05, 3.63) is 0 Å². The zero-order chi connectivity index (χ0) is 18.7. The Bertz CT molecular complexity index is 528. The summed E-state index contributed by atoms with van der Waals surface area (Å²) in [5, 5.41) is 7.43. The minimum atomic E-state index is 0. The van der Waals surface area contributed by atoms with Gasteiger partial charge < -0.3 is 20.1 Å². The monoisotopic (exact) mass is 506 g/mol. The molecule has 2 saturated heterocycles. The molecule has 4 fully saturated rings. The van der Waals surface area contributed by atoms with Gasteiger partial charge in [0.2, 0.25) is 0 Å². The molecule has 6 nitrogen and oxygen atoms in total. The lowest BCUT2D eigenvalue weighted by molar-refractivity contribution is -0.168. The van der Waals surface area contributed by atoms with Crippen LogP contribution in [0.4, 0.5) is 0 Å². The Morgan fingerprint density at radius 3 is 2.43 bits per heavy atom. The van der Waals surface area contributed by atoms with Crippen LogP contribution < -0.4 is 10.6 Å². The Morgan fingerprint density at radius 2 is 1.86 bits per heavy atom. The molecule has 162 valence electrons. The van der Waals surface area contributed by atoms with Crippen molar-refractivity contribution in [1.82, 2.24) is 15.5 Å². The number of nitrogens with zero attached hydrogens (tertiary/aromatic N) is 2. The topological polar surface area (TPSA) is 58.1 Å². The normalized spacial score (nSPS) is 31.6. The number of halogens is 1. The number of guanidine groups is 1. The van der Waals surface area contributed by atoms with E-state index >= 15 is 0 Å². The number of hydrogen-bond acceptors (Lipinski definition) is 4. The molecule has 2 aliphatic heterocycles. The predicted molar refractivity (Wildman–Crippen MR) is 124 cm³/mol. The lowest BCUT2D eigenvalue weighted by Crippen LogP contribution is -2.69. The van der Waals surface area contributed by atoms with Crippen LogP contribution in [-0.4, -0.2) is 75.0 Å². The van der Waals surface area contributed by atoms with Crippen LogP contribution in [0, 0.1) is 5.41 Å². The van der Waals surface area contributed by atoms with E-state index in [-0.39, 0.29) is 29.5 Å². The molecule has 0 bridgehead atoms. The second kappa shape index (κ2) is 9.79. The van der Waals surface area contributed by atoms with Gasteiger partial charge in [0.1, 0.15) is 0 Å². The first-order valence-electron chi connectivity index (χ1n) is 11.1. The first-order chi connectivity index (χ1) is 13.2. The number of rotatable bonds is 6. The number of hydrogen-bond donors (Lipinski definition) is 2. The third-order valence-electron chi connectivity index (χ3n) is 7.76. The lowest BCUT2D eigenvalue weighted by Gasteiger charge is -2.61. The van der Waals surface area contributed by atoms with E-state index in [0.717, 1.165) is 51.6 Å². The Balaban J connectivity index is 0.00000225. The highest BCUT2D eigenvalue weighted by Crippen LogP contribution is 2.57. The third-order valence-corrected chi connectivity index (χ3v) is 7.76. The summed E-state index contributed by atoms with van der Waals surface area (Å²) in [5.74, 6) is 0.964. The van der Waals surface area contributed by atoms with Gasteiger partial charge in [0.25, 0.3) is 0 Å². The molecule has 0 aromatic heterocycles. The lowest BCUT2D eigenvalue weighted by atomic mass is 9.51. The SMILES string of the molecule is CCOC1CC(NC(=NC)NCC2(N3CCCC3)CCOCC2)C12CCC2.I. The second-order valence-electron chi connectivity index (χ2n) is 8.92. The smallest absolute Gasteiger partial charge is 0.191 e. The molecule has 4 aliphatic rings. The Labute approximate surface area is 187 Å². The second-order valence-corrected chi connectivity index (χ2v) is 8.92. The maximum absolute atomic E-state index is 6.00. The molecule has 2 saturated carbocycles. The average molecular weight is 506 g/mol. The van der Waals surface area contributed by atoms with Crippen LogP contribution in [0.3, 0.4) is 0 Å². The first kappa shape index (κ1) is 22.6. The molecule has 4 rings (SSSR count). The van der Waals surface area contributed by atoms with E-state index in [1.807, 2.05) is 7.05 Å². The fourth-order valence-electron chi connectivity index (χ4n) is 5.80. The Morgan fingerprint density at radius 1 is 1.14 bits per heavy atom. The van der Waals surface area contributed by atoms with Crippen molar-refractivity contribution in [2.75, 3.05) is 46.5 Å². The fraction of sp³-hybridized carbons (Fsp3) is 0.952. The third kappa shape index (κ3) is 4.18. The molecule has 1 spiro atoms. The summed E-state index contributed by atoms with van der Waals surface area (Å²) in [6, 6.07) is 0.506. The molecular weight excluding hydrogens is 467 g/mol. The van der Waals surface area contributed by atoms with E-state index < -0.39 is 0 Å². The van der Waals surface area contributed by atoms with Gasteiger partial charge in [-0.15, -0.1) is 24.0 Å². The Hall–Kier alpha value is -0.120. The van der Waals surface area contributed by atoms with Crippen LogP contribution in [0.2, 0.25) is 0 Å². The highest BCUT2D eigenvalue weighted by Gasteiger charge is 2.59. The van der Waals surface area contributed by atoms with Gasteiger partial charge in [-0.2, -0.15) is 0 Å². The molecule has 0 radical (unpaired) electrons. The van der Waals surface area contributed by atoms with Gasteiger partial charge in [-0.1, -0.05) is 6.42 Å². The summed E-state index contributed by atoms with van der Waals surface area (Å²) in [6.45, 7) is 8.12. The summed E-state index contributed by atoms with van der Waals surface area (Å²) in [4.78, 5) is 7.26. The molecule has 0 aromatic rings. The standard InChI is InChI=1S/C21H38N4O2.HI/c1-3-27-18-15-17(21(18)7-6-8-21)24-19(22-2)23-16-20(9-13-26-14-10-20)25-11-4-5-12-25;/h17-18H,3-16H2,1-2H3,(H2,22,23,24);1H. The largest absolute Gasteiger partial charge is 0.381 e. The van der Waals surface area contributed by atoms with E-state index in [4.69, 9.17) is 9.47 Å². The highest BCUT2D eigenvalue weighted by molar-refractivity contribution is 14.0. The predicted octanol–water partition coefficient (Wildman–Crippen LogP) is 2.76. The maximum Gasteiger partial charge on any atom is 0.191 e. The van der Waals surface area contributed by atoms with E-state index in [9.17, 15) is 0 Å². The molecule has 2 atom stereocenters. The van der Waals surface area contributed by atoms with Crippen LogP contribution in [0.5, 0.6) is 0 Å². The minimum Gasteiger partial charge on any atom is -0.381 e. The van der Waals surface area contributed by atoms with Crippen LogP contribution >= 0.6 is 24.0 Å². The summed E-state index contributed by atoms with van der Waals surface area (Å²) < 4.78 is 11.7. The van der Waals surface area contributed by atoms with E-state index in [0.29, 0.717) is 17.6 Å². The van der Waals surface area contributed by atoms with Gasteiger partial charge in [-0.25, -0.2) is 0 Å². The summed E-state index contributed by atoms with van der Waals surface area (Å²) in [6.07, 6.45) is 10.4. The Kier molecular flexibility index (Phi) is 7.89. The quantitative estimate of drug-likeness (QED) is 0.330. The highest BCUT2D eigenvalue weighted by atomic mass is 127. The zero-order valence-electron chi connectivity index (χ0n) is 17.7. The summed E-state index contributed by atoms with van der Waals surface area (Å²) >= 11 is 0. The van der Waals surface area contributed by atoms with Crippen molar-refractivity contribution in [1.29, 1.82) is 0 Å². The van der Waals surface area contributed by atoms with Gasteiger partial charge in [0.15, 0.2) is 5.96 Å².